The summed E-state index contributed by atoms with van der Waals surface area (Å²) in [4.78, 5) is 23.3. The fourth-order valence-corrected chi connectivity index (χ4v) is 4.66. The van der Waals surface area contributed by atoms with Gasteiger partial charge in [-0.15, -0.1) is 0 Å². The first-order chi connectivity index (χ1) is 8.65. The van der Waals surface area contributed by atoms with Crippen LogP contribution in [0, 0.1) is 0 Å². The van der Waals surface area contributed by atoms with E-state index in [2.05, 4.69) is 26.1 Å². The summed E-state index contributed by atoms with van der Waals surface area (Å²) >= 11 is 2.07. The Morgan fingerprint density at radius 3 is 3.11 bits per heavy atom. The van der Waals surface area contributed by atoms with Gasteiger partial charge < -0.3 is 0 Å². The van der Waals surface area contributed by atoms with Crippen LogP contribution in [-0.2, 0) is 4.79 Å². The first-order valence-electron chi connectivity index (χ1n) is 5.19. The van der Waals surface area contributed by atoms with E-state index in [-0.39, 0.29) is 43.8 Å². The number of rotatable bonds is 3. The van der Waals surface area contributed by atoms with Gasteiger partial charge in [0.15, 0.2) is 0 Å². The monoisotopic (exact) mass is 472 g/mol. The molecule has 18 heavy (non-hydrogen) atoms. The van der Waals surface area contributed by atoms with Crippen molar-refractivity contribution in [2.24, 2.45) is 0 Å². The Labute approximate surface area is 127 Å². The van der Waals surface area contributed by atoms with Gasteiger partial charge in [-0.25, -0.2) is 0 Å². The van der Waals surface area contributed by atoms with E-state index in [1.54, 1.807) is 18.2 Å². The van der Waals surface area contributed by atoms with Crippen LogP contribution in [0.15, 0.2) is 18.2 Å². The molecule has 1 aromatic carbocycles. The van der Waals surface area contributed by atoms with E-state index in [0.29, 0.717) is 21.1 Å². The van der Waals surface area contributed by atoms with Crippen molar-refractivity contribution < 1.29 is 40.5 Å². The van der Waals surface area contributed by atoms with Crippen molar-refractivity contribution in [3.05, 3.63) is 23.8 Å². The molecule has 1 N–H and O–H groups in total. The van der Waals surface area contributed by atoms with Crippen LogP contribution in [-0.4, -0.2) is 26.3 Å². The molecule has 0 bridgehead atoms. The van der Waals surface area contributed by atoms with Crippen LogP contribution in [0.1, 0.15) is 10.4 Å². The normalized spacial score (nSPS) is 22.5. The van der Waals surface area contributed by atoms with Crippen molar-refractivity contribution in [2.75, 3.05) is 6.61 Å². The van der Waals surface area contributed by atoms with E-state index < -0.39 is 0 Å². The van der Waals surface area contributed by atoms with Gasteiger partial charge in [-0.05, 0) is 0 Å². The number of hydrogen-bond donors (Lipinski definition) is 1. The van der Waals surface area contributed by atoms with Crippen molar-refractivity contribution in [1.29, 1.82) is 0 Å². The van der Waals surface area contributed by atoms with E-state index in [0.717, 1.165) is 0 Å². The van der Waals surface area contributed by atoms with Gasteiger partial charge in [0.1, 0.15) is 0 Å². The van der Waals surface area contributed by atoms with E-state index in [1.165, 1.54) is 0 Å². The molecule has 0 radical (unpaired) electrons. The number of carbonyl (C=O) groups excluding carboxylic acids is 2. The van der Waals surface area contributed by atoms with Gasteiger partial charge in [0, 0.05) is 0 Å². The molecule has 96 valence electrons. The zero-order valence-corrected chi connectivity index (χ0v) is 13.3. The van der Waals surface area contributed by atoms with E-state index in [4.69, 9.17) is 9.47 Å². The van der Waals surface area contributed by atoms with Gasteiger partial charge >= 0.3 is 128 Å². The number of ether oxygens (including phenoxy) is 2. The molecule has 3 rings (SSSR count). The van der Waals surface area contributed by atoms with Gasteiger partial charge in [0.2, 0.25) is 0 Å². The summed E-state index contributed by atoms with van der Waals surface area (Å²) < 4.78 is 13.8. The topological polar surface area (TPSA) is 74.5 Å². The quantitative estimate of drug-likeness (QED) is 0.104. The molecule has 1 aromatic rings. The molecule has 2 aliphatic rings. The SMILES string of the molecule is O=C1COc2ccc(OC(=O)C(I)C3N[I-]3)cc21. The predicted molar refractivity (Wildman–Crippen MR) is 66.6 cm³/mol. The number of Topliss-reactive ketones (excluding diaryl/α,β-unsaturated/α-hetero) is 1. The standard InChI is InChI=1S/C11H8I2NO4/c12-9(10-13-14-10)11(16)18-5-1-2-8-6(3-5)7(15)4-17-8/h1-3,9-10,14H,4H2/q-1. The van der Waals surface area contributed by atoms with Crippen LogP contribution in [0.4, 0.5) is 0 Å². The minimum absolute atomic E-state index is 0.0206. The van der Waals surface area contributed by atoms with Crippen molar-refractivity contribution in [2.45, 2.75) is 7.97 Å². The number of benzene rings is 1. The van der Waals surface area contributed by atoms with Gasteiger partial charge in [0.05, 0.1) is 0 Å². The molecule has 2 unspecified atom stereocenters. The summed E-state index contributed by atoms with van der Waals surface area (Å²) in [5, 5.41) is 0. The van der Waals surface area contributed by atoms with Crippen molar-refractivity contribution in [3.8, 4) is 11.5 Å². The number of hydrogen-bond acceptors (Lipinski definition) is 5. The van der Waals surface area contributed by atoms with Crippen molar-refractivity contribution >= 4 is 34.3 Å². The molecule has 0 aliphatic carbocycles. The fourth-order valence-electron chi connectivity index (χ4n) is 1.58. The number of carbonyl (C=O) groups is 2. The number of esters is 1. The van der Waals surface area contributed by atoms with Gasteiger partial charge in [-0.3, -0.25) is 0 Å². The number of nitrogens with one attached hydrogen (secondary N) is 1. The second kappa shape index (κ2) is 4.93. The third-order valence-corrected chi connectivity index (χ3v) is 7.21. The van der Waals surface area contributed by atoms with E-state index in [9.17, 15) is 9.59 Å². The minimum atomic E-state index is -0.267. The van der Waals surface area contributed by atoms with Crippen LogP contribution in [0.5, 0.6) is 11.5 Å². The molecular formula is C11H8I2NO4-. The third kappa shape index (κ3) is 2.48. The Morgan fingerprint density at radius 2 is 2.39 bits per heavy atom. The molecule has 0 amide bonds. The van der Waals surface area contributed by atoms with E-state index in [1.807, 2.05) is 0 Å². The van der Waals surface area contributed by atoms with Gasteiger partial charge in [0.25, 0.3) is 0 Å². The summed E-state index contributed by atoms with van der Waals surface area (Å²) in [5.41, 5.74) is 0.488. The average Bonchev–Trinajstić information content (AvgIpc) is 3.15. The molecule has 0 saturated carbocycles. The van der Waals surface area contributed by atoms with Crippen LogP contribution in [0.2, 0.25) is 0 Å². The zero-order chi connectivity index (χ0) is 12.7. The second-order valence-corrected chi connectivity index (χ2v) is 7.74. The fraction of sp³-hybridized carbons (Fsp3) is 0.273. The average molecular weight is 472 g/mol. The molecular weight excluding hydrogens is 464 g/mol. The molecule has 0 spiro atoms. The molecule has 2 heterocycles. The summed E-state index contributed by atoms with van der Waals surface area (Å²) in [5.74, 6) is 0.610. The Balaban J connectivity index is 1.75. The third-order valence-electron chi connectivity index (χ3n) is 2.55. The predicted octanol–water partition coefficient (Wildman–Crippen LogP) is -2.10. The second-order valence-electron chi connectivity index (χ2n) is 3.81. The van der Waals surface area contributed by atoms with Crippen LogP contribution >= 0.6 is 22.6 Å². The summed E-state index contributed by atoms with van der Waals surface area (Å²) in [6.45, 7) is 0.0675. The zero-order valence-electron chi connectivity index (χ0n) is 8.98. The number of ketones is 1. The van der Waals surface area contributed by atoms with Gasteiger partial charge in [-0.1, -0.05) is 0 Å². The molecule has 1 saturated heterocycles. The van der Waals surface area contributed by atoms with Crippen molar-refractivity contribution in [1.82, 2.24) is 3.53 Å². The number of fused-ring (bicyclic) bond motifs is 1. The molecule has 0 aromatic heterocycles. The Bertz CT molecular complexity index is 530. The molecule has 5 nitrogen and oxygen atoms in total. The molecule has 7 heteroatoms. The van der Waals surface area contributed by atoms with Crippen LogP contribution < -0.4 is 34.5 Å². The molecule has 1 fully saturated rings. The maximum atomic E-state index is 11.8. The van der Waals surface area contributed by atoms with Crippen LogP contribution in [0.3, 0.4) is 0 Å². The van der Waals surface area contributed by atoms with E-state index >= 15 is 0 Å². The Morgan fingerprint density at radius 1 is 1.61 bits per heavy atom. The molecule has 2 atom stereocenters. The molecule has 2 aliphatic heterocycles. The maximum absolute atomic E-state index is 11.8. The van der Waals surface area contributed by atoms with Crippen molar-refractivity contribution in [3.63, 3.8) is 0 Å². The first-order valence-corrected chi connectivity index (χ1v) is 8.76. The van der Waals surface area contributed by atoms with Crippen LogP contribution in [0.25, 0.3) is 0 Å². The van der Waals surface area contributed by atoms with Gasteiger partial charge in [-0.2, -0.15) is 0 Å². The number of halogens is 2. The summed E-state index contributed by atoms with van der Waals surface area (Å²) in [6, 6.07) is 4.88. The number of alkyl halides is 2. The first kappa shape index (κ1) is 12.6. The Kier molecular flexibility index (Phi) is 3.45. The Hall–Kier alpha value is -0.420. The summed E-state index contributed by atoms with van der Waals surface area (Å²) in [6.07, 6.45) is 0. The summed E-state index contributed by atoms with van der Waals surface area (Å²) in [7, 11) is 0.